The monoisotopic (exact) mass is 145 g/mol. The molecule has 56 valence electrons. The van der Waals surface area contributed by atoms with Crippen LogP contribution in [0.4, 0.5) is 0 Å². The molecule has 1 atom stereocenters. The van der Waals surface area contributed by atoms with Crippen LogP contribution in [0.15, 0.2) is 29.3 Å². The highest BCUT2D eigenvalue weighted by atomic mass is 14.8. The molecule has 2 rings (SSSR count). The van der Waals surface area contributed by atoms with Crippen molar-refractivity contribution in [3.63, 3.8) is 0 Å². The summed E-state index contributed by atoms with van der Waals surface area (Å²) in [6, 6.07) is 8.74. The minimum Gasteiger partial charge on any atom is -0.281 e. The predicted molar refractivity (Wildman–Crippen MR) is 45.8 cm³/mol. The average molecular weight is 145 g/mol. The fourth-order valence-corrected chi connectivity index (χ4v) is 1.37. The molecule has 1 aromatic rings. The van der Waals surface area contributed by atoms with Gasteiger partial charge >= 0.3 is 0 Å². The summed E-state index contributed by atoms with van der Waals surface area (Å²) in [4.78, 5) is 4.51. The van der Waals surface area contributed by atoms with Gasteiger partial charge in [0, 0.05) is 0 Å². The summed E-state index contributed by atoms with van der Waals surface area (Å²) >= 11 is 0. The third-order valence-corrected chi connectivity index (χ3v) is 1.98. The first kappa shape index (κ1) is 6.59. The van der Waals surface area contributed by atoms with E-state index in [2.05, 4.69) is 36.2 Å². The van der Waals surface area contributed by atoms with Gasteiger partial charge in [-0.2, -0.15) is 0 Å². The number of rotatable bonds is 0. The Kier molecular flexibility index (Phi) is 1.50. The first-order valence-corrected chi connectivity index (χ1v) is 3.99. The summed E-state index contributed by atoms with van der Waals surface area (Å²) in [6.45, 7) is 2.15. The molecule has 11 heavy (non-hydrogen) atoms. The maximum atomic E-state index is 4.51. The van der Waals surface area contributed by atoms with Gasteiger partial charge in [0.05, 0.1) is 11.4 Å². The zero-order valence-corrected chi connectivity index (χ0v) is 6.62. The topological polar surface area (TPSA) is 12.4 Å². The number of fused-ring (bicyclic) bond motifs is 1. The van der Waals surface area contributed by atoms with E-state index in [9.17, 15) is 0 Å². The smallest absolute Gasteiger partial charge is 0.0646 e. The van der Waals surface area contributed by atoms with E-state index in [-0.39, 0.29) is 0 Å². The van der Waals surface area contributed by atoms with Crippen LogP contribution in [0.1, 0.15) is 13.3 Å². The van der Waals surface area contributed by atoms with Crippen LogP contribution in [0.2, 0.25) is 0 Å². The SMILES string of the molecule is C[C@@H]1CC=c2ccccc2=N1. The molecule has 1 aliphatic rings. The predicted octanol–water partition coefficient (Wildman–Crippen LogP) is 0.879. The highest BCUT2D eigenvalue weighted by Gasteiger charge is 1.99. The van der Waals surface area contributed by atoms with Gasteiger partial charge < -0.3 is 0 Å². The molecule has 0 N–H and O–H groups in total. The van der Waals surface area contributed by atoms with Gasteiger partial charge in [-0.3, -0.25) is 4.99 Å². The summed E-state index contributed by atoms with van der Waals surface area (Å²) in [5.41, 5.74) is 0. The summed E-state index contributed by atoms with van der Waals surface area (Å²) in [6.07, 6.45) is 3.34. The van der Waals surface area contributed by atoms with Crippen molar-refractivity contribution in [1.82, 2.24) is 0 Å². The second-order valence-electron chi connectivity index (χ2n) is 2.98. The Hall–Kier alpha value is -1.11. The van der Waals surface area contributed by atoms with Crippen LogP contribution in [-0.2, 0) is 0 Å². The van der Waals surface area contributed by atoms with Crippen molar-refractivity contribution in [3.8, 4) is 0 Å². The molecule has 0 amide bonds. The zero-order valence-electron chi connectivity index (χ0n) is 6.62. The van der Waals surface area contributed by atoms with Crippen LogP contribution < -0.4 is 10.6 Å². The molecule has 0 bridgehead atoms. The van der Waals surface area contributed by atoms with Gasteiger partial charge in [0.25, 0.3) is 0 Å². The standard InChI is InChI=1S/C10H11N/c1-8-6-7-9-4-2-3-5-10(9)11-8/h2-5,7-8H,6H2,1H3/t8-/m1/s1. The Morgan fingerprint density at radius 3 is 3.09 bits per heavy atom. The van der Waals surface area contributed by atoms with Gasteiger partial charge in [0.1, 0.15) is 0 Å². The fraction of sp³-hybridized carbons (Fsp3) is 0.300. The molecule has 1 heterocycles. The van der Waals surface area contributed by atoms with Crippen LogP contribution in [0.5, 0.6) is 0 Å². The second-order valence-corrected chi connectivity index (χ2v) is 2.98. The van der Waals surface area contributed by atoms with Gasteiger partial charge in [0.2, 0.25) is 0 Å². The van der Waals surface area contributed by atoms with Crippen molar-refractivity contribution in [2.45, 2.75) is 19.4 Å². The first-order valence-electron chi connectivity index (χ1n) is 3.99. The Balaban J connectivity index is 2.73. The fourth-order valence-electron chi connectivity index (χ4n) is 1.37. The van der Waals surface area contributed by atoms with Crippen LogP contribution in [0.25, 0.3) is 6.08 Å². The molecule has 1 aromatic carbocycles. The first-order chi connectivity index (χ1) is 5.36. The zero-order chi connectivity index (χ0) is 7.68. The van der Waals surface area contributed by atoms with E-state index in [1.165, 1.54) is 5.22 Å². The molecule has 1 heteroatoms. The average Bonchev–Trinajstić information content (AvgIpc) is 2.04. The Morgan fingerprint density at radius 1 is 1.36 bits per heavy atom. The largest absolute Gasteiger partial charge is 0.281 e. The maximum Gasteiger partial charge on any atom is 0.0646 e. The highest BCUT2D eigenvalue weighted by Crippen LogP contribution is 1.97. The number of benzene rings is 1. The molecule has 1 nitrogen and oxygen atoms in total. The van der Waals surface area contributed by atoms with Gasteiger partial charge in [-0.05, 0) is 24.6 Å². The molecule has 0 saturated heterocycles. The molecule has 0 spiro atoms. The molecule has 0 radical (unpaired) electrons. The van der Waals surface area contributed by atoms with E-state index >= 15 is 0 Å². The molecule has 1 aliphatic heterocycles. The number of nitrogens with zero attached hydrogens (tertiary/aromatic N) is 1. The normalized spacial score (nSPS) is 21.4. The quantitative estimate of drug-likeness (QED) is 0.514. The highest BCUT2D eigenvalue weighted by molar-refractivity contribution is 5.26. The van der Waals surface area contributed by atoms with E-state index in [1.807, 2.05) is 6.07 Å². The van der Waals surface area contributed by atoms with Crippen molar-refractivity contribution in [3.05, 3.63) is 34.8 Å². The second kappa shape index (κ2) is 2.50. The lowest BCUT2D eigenvalue weighted by molar-refractivity contribution is 0.738. The van der Waals surface area contributed by atoms with Crippen molar-refractivity contribution in [2.24, 2.45) is 4.99 Å². The Bertz CT molecular complexity index is 365. The molecule has 0 saturated carbocycles. The minimum atomic E-state index is 0.463. The summed E-state index contributed by atoms with van der Waals surface area (Å²) < 4.78 is 0. The lowest BCUT2D eigenvalue weighted by Crippen LogP contribution is -2.29. The van der Waals surface area contributed by atoms with Crippen LogP contribution in [-0.4, -0.2) is 6.04 Å². The lowest BCUT2D eigenvalue weighted by atomic mass is 10.1. The molecule has 0 fully saturated rings. The number of para-hydroxylation sites is 1. The Labute approximate surface area is 66.1 Å². The number of hydrogen-bond acceptors (Lipinski definition) is 1. The third kappa shape index (κ3) is 1.18. The summed E-state index contributed by atoms with van der Waals surface area (Å²) in [5.74, 6) is 0. The van der Waals surface area contributed by atoms with Crippen molar-refractivity contribution < 1.29 is 0 Å². The molecular weight excluding hydrogens is 134 g/mol. The third-order valence-electron chi connectivity index (χ3n) is 1.98. The van der Waals surface area contributed by atoms with Gasteiger partial charge in [-0.15, -0.1) is 0 Å². The van der Waals surface area contributed by atoms with E-state index in [0.29, 0.717) is 6.04 Å². The number of hydrogen-bond donors (Lipinski definition) is 0. The minimum absolute atomic E-state index is 0.463. The van der Waals surface area contributed by atoms with Crippen molar-refractivity contribution in [1.29, 1.82) is 0 Å². The summed E-state index contributed by atoms with van der Waals surface area (Å²) in [7, 11) is 0. The molecular formula is C10H11N. The van der Waals surface area contributed by atoms with Crippen LogP contribution in [0, 0.1) is 0 Å². The van der Waals surface area contributed by atoms with Crippen molar-refractivity contribution >= 4 is 6.08 Å². The Morgan fingerprint density at radius 2 is 2.18 bits per heavy atom. The van der Waals surface area contributed by atoms with Crippen molar-refractivity contribution in [2.75, 3.05) is 0 Å². The molecule has 0 aliphatic carbocycles. The van der Waals surface area contributed by atoms with E-state index in [1.54, 1.807) is 0 Å². The van der Waals surface area contributed by atoms with Gasteiger partial charge in [-0.1, -0.05) is 24.3 Å². The van der Waals surface area contributed by atoms with E-state index < -0.39 is 0 Å². The molecule has 0 unspecified atom stereocenters. The van der Waals surface area contributed by atoms with Gasteiger partial charge in [0.15, 0.2) is 0 Å². The van der Waals surface area contributed by atoms with Crippen LogP contribution >= 0.6 is 0 Å². The summed E-state index contributed by atoms with van der Waals surface area (Å²) in [5, 5.41) is 2.43. The van der Waals surface area contributed by atoms with E-state index in [4.69, 9.17) is 0 Å². The van der Waals surface area contributed by atoms with Gasteiger partial charge in [-0.25, -0.2) is 0 Å². The molecule has 0 aromatic heterocycles. The lowest BCUT2D eigenvalue weighted by Gasteiger charge is -2.05. The maximum absolute atomic E-state index is 4.51. The van der Waals surface area contributed by atoms with Crippen LogP contribution in [0.3, 0.4) is 0 Å². The van der Waals surface area contributed by atoms with E-state index in [0.717, 1.165) is 11.8 Å².